The Bertz CT molecular complexity index is 420. The molecule has 0 spiro atoms. The van der Waals surface area contributed by atoms with Crippen molar-refractivity contribution in [3.05, 3.63) is 11.7 Å². The van der Waals surface area contributed by atoms with Gasteiger partial charge in [0.2, 0.25) is 5.89 Å². The number of hydrogen-bond acceptors (Lipinski definition) is 5. The molecule has 0 fully saturated rings. The highest BCUT2D eigenvalue weighted by atomic mass is 16.5. The number of carbonyl (C=O) groups excluding carboxylic acids is 1. The lowest BCUT2D eigenvalue weighted by molar-refractivity contribution is 0.200. The molecule has 114 valence electrons. The van der Waals surface area contributed by atoms with Crippen LogP contribution in [0.2, 0.25) is 0 Å². The first kappa shape index (κ1) is 16.4. The summed E-state index contributed by atoms with van der Waals surface area (Å²) in [4.78, 5) is 15.8. The molecule has 1 rings (SSSR count). The van der Waals surface area contributed by atoms with Crippen molar-refractivity contribution in [3.8, 4) is 0 Å². The van der Waals surface area contributed by atoms with Crippen molar-refractivity contribution in [1.82, 2.24) is 20.8 Å². The number of aliphatic hydroxyl groups is 1. The third-order valence-electron chi connectivity index (χ3n) is 3.12. The van der Waals surface area contributed by atoms with Crippen LogP contribution in [0.15, 0.2) is 4.52 Å². The molecule has 2 atom stereocenters. The highest BCUT2D eigenvalue weighted by Crippen LogP contribution is 2.09. The normalized spacial score (nSPS) is 14.1. The van der Waals surface area contributed by atoms with Gasteiger partial charge in [-0.15, -0.1) is 0 Å². The van der Waals surface area contributed by atoms with Crippen LogP contribution in [0.3, 0.4) is 0 Å². The minimum absolute atomic E-state index is 0.0188. The Labute approximate surface area is 119 Å². The lowest BCUT2D eigenvalue weighted by Gasteiger charge is -2.19. The van der Waals surface area contributed by atoms with Crippen molar-refractivity contribution >= 4 is 6.03 Å². The molecule has 1 heterocycles. The minimum Gasteiger partial charge on any atom is -0.396 e. The molecule has 7 nitrogen and oxygen atoms in total. The maximum absolute atomic E-state index is 11.6. The summed E-state index contributed by atoms with van der Waals surface area (Å²) in [6.07, 6.45) is 0.497. The molecule has 0 aromatic carbocycles. The van der Waals surface area contributed by atoms with Crippen molar-refractivity contribution in [2.75, 3.05) is 13.2 Å². The molecule has 0 aliphatic heterocycles. The lowest BCUT2D eigenvalue weighted by atomic mass is 10.1. The number of nitrogens with zero attached hydrogens (tertiary/aromatic N) is 2. The number of nitrogens with one attached hydrogen (secondary N) is 2. The van der Waals surface area contributed by atoms with Crippen molar-refractivity contribution < 1.29 is 14.4 Å². The summed E-state index contributed by atoms with van der Waals surface area (Å²) in [6, 6.07) is -0.350. The van der Waals surface area contributed by atoms with Crippen LogP contribution in [0.5, 0.6) is 0 Å². The van der Waals surface area contributed by atoms with Gasteiger partial charge < -0.3 is 20.3 Å². The standard InChI is InChI=1S/C13H24N4O3/c1-8(2)12-16-11(20-17-12)5-6-14-13(19)15-10(4)9(3)7-18/h8-10,18H,5-7H2,1-4H3,(H2,14,15,19). The Hall–Kier alpha value is -1.63. The quantitative estimate of drug-likeness (QED) is 0.695. The zero-order chi connectivity index (χ0) is 15.1. The van der Waals surface area contributed by atoms with E-state index < -0.39 is 0 Å². The highest BCUT2D eigenvalue weighted by molar-refractivity contribution is 5.74. The summed E-state index contributed by atoms with van der Waals surface area (Å²) in [5.74, 6) is 1.44. The molecular weight excluding hydrogens is 260 g/mol. The second-order valence-electron chi connectivity index (χ2n) is 5.30. The van der Waals surface area contributed by atoms with Gasteiger partial charge in [0.05, 0.1) is 0 Å². The van der Waals surface area contributed by atoms with Crippen LogP contribution in [-0.4, -0.2) is 40.5 Å². The van der Waals surface area contributed by atoms with Crippen molar-refractivity contribution in [2.24, 2.45) is 5.92 Å². The van der Waals surface area contributed by atoms with E-state index in [0.29, 0.717) is 24.7 Å². The lowest BCUT2D eigenvalue weighted by Crippen LogP contribution is -2.44. The summed E-state index contributed by atoms with van der Waals surface area (Å²) in [7, 11) is 0. The molecule has 0 bridgehead atoms. The highest BCUT2D eigenvalue weighted by Gasteiger charge is 2.14. The van der Waals surface area contributed by atoms with Gasteiger partial charge in [-0.2, -0.15) is 4.98 Å². The van der Waals surface area contributed by atoms with E-state index in [1.165, 1.54) is 0 Å². The van der Waals surface area contributed by atoms with E-state index in [4.69, 9.17) is 9.63 Å². The Morgan fingerprint density at radius 2 is 2.05 bits per heavy atom. The van der Waals surface area contributed by atoms with Crippen molar-refractivity contribution in [2.45, 2.75) is 46.1 Å². The zero-order valence-electron chi connectivity index (χ0n) is 12.5. The van der Waals surface area contributed by atoms with Crippen LogP contribution >= 0.6 is 0 Å². The molecular formula is C13H24N4O3. The van der Waals surface area contributed by atoms with Crippen LogP contribution < -0.4 is 10.6 Å². The molecule has 7 heteroatoms. The molecule has 2 amide bonds. The molecule has 1 aromatic rings. The van der Waals surface area contributed by atoms with E-state index in [1.807, 2.05) is 27.7 Å². The molecule has 1 aromatic heterocycles. The topological polar surface area (TPSA) is 100 Å². The summed E-state index contributed by atoms with van der Waals surface area (Å²) in [6.45, 7) is 8.17. The van der Waals surface area contributed by atoms with Gasteiger partial charge in [-0.1, -0.05) is 25.9 Å². The zero-order valence-corrected chi connectivity index (χ0v) is 12.5. The summed E-state index contributed by atoms with van der Waals surface area (Å²) >= 11 is 0. The second-order valence-corrected chi connectivity index (χ2v) is 5.30. The average molecular weight is 284 g/mol. The molecule has 3 N–H and O–H groups in total. The largest absolute Gasteiger partial charge is 0.396 e. The maximum atomic E-state index is 11.6. The Morgan fingerprint density at radius 1 is 1.35 bits per heavy atom. The van der Waals surface area contributed by atoms with E-state index in [1.54, 1.807) is 0 Å². The van der Waals surface area contributed by atoms with Gasteiger partial charge in [0.15, 0.2) is 5.82 Å². The first-order valence-electron chi connectivity index (χ1n) is 6.91. The first-order chi connectivity index (χ1) is 9.43. The van der Waals surface area contributed by atoms with Crippen LogP contribution in [0, 0.1) is 5.92 Å². The monoisotopic (exact) mass is 284 g/mol. The van der Waals surface area contributed by atoms with E-state index in [2.05, 4.69) is 20.8 Å². The average Bonchev–Trinajstić information content (AvgIpc) is 2.86. The molecule has 0 aliphatic carbocycles. The molecule has 0 saturated heterocycles. The second kappa shape index (κ2) is 7.84. The Kier molecular flexibility index (Phi) is 6.44. The van der Waals surface area contributed by atoms with E-state index in [0.717, 1.165) is 0 Å². The minimum atomic E-state index is -0.263. The maximum Gasteiger partial charge on any atom is 0.315 e. The van der Waals surface area contributed by atoms with Gasteiger partial charge in [-0.3, -0.25) is 0 Å². The van der Waals surface area contributed by atoms with Crippen molar-refractivity contribution in [3.63, 3.8) is 0 Å². The van der Waals surface area contributed by atoms with Gasteiger partial charge in [-0.25, -0.2) is 4.79 Å². The predicted octanol–water partition coefficient (Wildman–Crippen LogP) is 1.05. The fourth-order valence-corrected chi connectivity index (χ4v) is 1.45. The SMILES string of the molecule is CC(C)c1noc(CCNC(=O)NC(C)C(C)CO)n1. The number of rotatable bonds is 7. The van der Waals surface area contributed by atoms with Crippen molar-refractivity contribution in [1.29, 1.82) is 0 Å². The first-order valence-corrected chi connectivity index (χ1v) is 6.91. The van der Waals surface area contributed by atoms with Crippen LogP contribution in [0.1, 0.15) is 45.3 Å². The van der Waals surface area contributed by atoms with Gasteiger partial charge in [-0.05, 0) is 12.8 Å². The number of urea groups is 1. The van der Waals surface area contributed by atoms with Crippen LogP contribution in [0.25, 0.3) is 0 Å². The number of carbonyl (C=O) groups is 1. The third kappa shape index (κ3) is 5.16. The summed E-state index contributed by atoms with van der Waals surface area (Å²) in [5.41, 5.74) is 0. The molecule has 0 radical (unpaired) electrons. The van der Waals surface area contributed by atoms with Gasteiger partial charge in [0.25, 0.3) is 0 Å². The van der Waals surface area contributed by atoms with E-state index >= 15 is 0 Å². The Morgan fingerprint density at radius 3 is 2.60 bits per heavy atom. The number of aromatic nitrogens is 2. The molecule has 20 heavy (non-hydrogen) atoms. The number of aliphatic hydroxyl groups excluding tert-OH is 1. The Balaban J connectivity index is 2.27. The predicted molar refractivity (Wildman–Crippen MR) is 74.3 cm³/mol. The van der Waals surface area contributed by atoms with Crippen LogP contribution in [-0.2, 0) is 6.42 Å². The third-order valence-corrected chi connectivity index (χ3v) is 3.12. The fourth-order valence-electron chi connectivity index (χ4n) is 1.45. The molecule has 0 saturated carbocycles. The van der Waals surface area contributed by atoms with E-state index in [-0.39, 0.29) is 30.5 Å². The van der Waals surface area contributed by atoms with Gasteiger partial charge in [0, 0.05) is 31.5 Å². The fraction of sp³-hybridized carbons (Fsp3) is 0.769. The van der Waals surface area contributed by atoms with Gasteiger partial charge >= 0.3 is 6.03 Å². The van der Waals surface area contributed by atoms with E-state index in [9.17, 15) is 4.79 Å². The van der Waals surface area contributed by atoms with Gasteiger partial charge in [0.1, 0.15) is 0 Å². The molecule has 0 aliphatic rings. The summed E-state index contributed by atoms with van der Waals surface area (Å²) in [5, 5.41) is 18.3. The van der Waals surface area contributed by atoms with Crippen LogP contribution in [0.4, 0.5) is 4.79 Å². The summed E-state index contributed by atoms with van der Waals surface area (Å²) < 4.78 is 5.08. The number of hydrogen-bond donors (Lipinski definition) is 3. The smallest absolute Gasteiger partial charge is 0.315 e. The molecule has 2 unspecified atom stereocenters. The number of amides is 2.